The number of aromatic nitrogens is 3. The summed E-state index contributed by atoms with van der Waals surface area (Å²) in [6, 6.07) is 9.90. The van der Waals surface area contributed by atoms with E-state index in [9.17, 15) is 12.8 Å². The zero-order valence-corrected chi connectivity index (χ0v) is 18.4. The molecule has 0 aliphatic heterocycles. The van der Waals surface area contributed by atoms with Crippen molar-refractivity contribution in [2.75, 3.05) is 12.4 Å². The summed E-state index contributed by atoms with van der Waals surface area (Å²) in [6.07, 6.45) is 3.31. The van der Waals surface area contributed by atoms with Gasteiger partial charge in [0.2, 0.25) is 0 Å². The van der Waals surface area contributed by atoms with Crippen molar-refractivity contribution in [3.8, 4) is 0 Å². The second-order valence-corrected chi connectivity index (χ2v) is 10.6. The predicted molar refractivity (Wildman–Crippen MR) is 119 cm³/mol. The van der Waals surface area contributed by atoms with Crippen LogP contribution in [0.4, 0.5) is 10.1 Å². The van der Waals surface area contributed by atoms with Gasteiger partial charge in [0.05, 0.1) is 26.9 Å². The molecule has 0 aliphatic rings. The van der Waals surface area contributed by atoms with Gasteiger partial charge in [-0.15, -0.1) is 0 Å². The van der Waals surface area contributed by atoms with E-state index < -0.39 is 14.6 Å². The Kier molecular flexibility index (Phi) is 5.81. The maximum atomic E-state index is 12.7. The number of rotatable bonds is 2. The molecule has 0 spiro atoms. The van der Waals surface area contributed by atoms with Crippen molar-refractivity contribution in [1.29, 1.82) is 0 Å². The van der Waals surface area contributed by atoms with Crippen LogP contribution in [0.25, 0.3) is 21.8 Å². The van der Waals surface area contributed by atoms with E-state index in [4.69, 9.17) is 0 Å². The zero-order chi connectivity index (χ0) is 22.1. The smallest absolute Gasteiger partial charge is 0.183 e. The van der Waals surface area contributed by atoms with Crippen molar-refractivity contribution in [2.45, 2.75) is 37.3 Å². The molecule has 2 aromatic heterocycles. The lowest BCUT2D eigenvalue weighted by Gasteiger charge is -2.21. The Morgan fingerprint density at radius 2 is 1.83 bits per heavy atom. The van der Waals surface area contributed by atoms with Gasteiger partial charge in [0.15, 0.2) is 9.84 Å². The second-order valence-electron chi connectivity index (χ2n) is 7.96. The van der Waals surface area contributed by atoms with Gasteiger partial charge in [0.25, 0.3) is 0 Å². The van der Waals surface area contributed by atoms with Crippen LogP contribution in [0.5, 0.6) is 0 Å². The lowest BCUT2D eigenvalue weighted by molar-refractivity contribution is 0.560. The molecule has 0 saturated heterocycles. The van der Waals surface area contributed by atoms with Crippen molar-refractivity contribution in [3.05, 3.63) is 60.2 Å². The summed E-state index contributed by atoms with van der Waals surface area (Å²) < 4.78 is 37.0. The molecule has 0 saturated carbocycles. The summed E-state index contributed by atoms with van der Waals surface area (Å²) in [5.74, 6) is -0.228. The highest BCUT2D eigenvalue weighted by atomic mass is 32.2. The third-order valence-electron chi connectivity index (χ3n) is 4.81. The average Bonchev–Trinajstić information content (AvgIpc) is 3.14. The van der Waals surface area contributed by atoms with Crippen LogP contribution >= 0.6 is 0 Å². The highest BCUT2D eigenvalue weighted by Crippen LogP contribution is 2.32. The molecule has 6 nitrogen and oxygen atoms in total. The average molecular weight is 429 g/mol. The SMILES string of the molecule is CNc1ccnc2cc(C)c(S(=O)(=O)C(C)(C)C)cc12.Fc1ccc2[nH]ncc2c1. The van der Waals surface area contributed by atoms with E-state index >= 15 is 0 Å². The number of sulfone groups is 1. The number of nitrogens with one attached hydrogen (secondary N) is 2. The maximum absolute atomic E-state index is 12.7. The number of H-pyrrole nitrogens is 1. The number of aryl methyl sites for hydroxylation is 1. The van der Waals surface area contributed by atoms with Crippen LogP contribution in [0, 0.1) is 12.7 Å². The summed E-state index contributed by atoms with van der Waals surface area (Å²) >= 11 is 0. The topological polar surface area (TPSA) is 87.7 Å². The highest BCUT2D eigenvalue weighted by molar-refractivity contribution is 7.92. The molecule has 2 heterocycles. The Morgan fingerprint density at radius 3 is 2.50 bits per heavy atom. The van der Waals surface area contributed by atoms with Gasteiger partial charge in [-0.05, 0) is 69.7 Å². The third kappa shape index (κ3) is 4.14. The number of benzene rings is 2. The van der Waals surface area contributed by atoms with Gasteiger partial charge < -0.3 is 5.32 Å². The van der Waals surface area contributed by atoms with E-state index in [-0.39, 0.29) is 5.82 Å². The molecule has 0 unspecified atom stereocenters. The Hall–Kier alpha value is -3.00. The number of hydrogen-bond acceptors (Lipinski definition) is 5. The number of anilines is 1. The third-order valence-corrected chi connectivity index (χ3v) is 7.44. The number of nitrogens with zero attached hydrogens (tertiary/aromatic N) is 2. The number of hydrogen-bond donors (Lipinski definition) is 2. The standard InChI is InChI=1S/C15H20N2O2S.C7H5FN2/c1-10-8-13-11(12(16-5)6-7-17-13)9-14(10)20(18,19)15(2,3)4;8-6-1-2-7-5(3-6)4-9-10-7/h6-9H,1-5H3,(H,16,17);1-4H,(H,9,10). The van der Waals surface area contributed by atoms with Crippen LogP contribution in [-0.2, 0) is 9.84 Å². The van der Waals surface area contributed by atoms with Gasteiger partial charge in [0, 0.05) is 29.7 Å². The molecule has 158 valence electrons. The van der Waals surface area contributed by atoms with Crippen LogP contribution in [0.1, 0.15) is 26.3 Å². The number of aromatic amines is 1. The van der Waals surface area contributed by atoms with Crippen LogP contribution in [0.2, 0.25) is 0 Å². The quantitative estimate of drug-likeness (QED) is 0.476. The van der Waals surface area contributed by atoms with Crippen molar-refractivity contribution in [1.82, 2.24) is 15.2 Å². The summed E-state index contributed by atoms with van der Waals surface area (Å²) in [7, 11) is -1.57. The van der Waals surface area contributed by atoms with E-state index in [1.54, 1.807) is 45.3 Å². The predicted octanol–water partition coefficient (Wildman–Crippen LogP) is 4.86. The fraction of sp³-hybridized carbons (Fsp3) is 0.273. The number of halogens is 1. The minimum Gasteiger partial charge on any atom is -0.388 e. The highest BCUT2D eigenvalue weighted by Gasteiger charge is 2.32. The van der Waals surface area contributed by atoms with Gasteiger partial charge >= 0.3 is 0 Å². The molecule has 4 aromatic rings. The first-order valence-electron chi connectivity index (χ1n) is 9.45. The molecule has 8 heteroatoms. The van der Waals surface area contributed by atoms with Gasteiger partial charge in [-0.3, -0.25) is 10.1 Å². The molecule has 0 amide bonds. The lowest BCUT2D eigenvalue weighted by atomic mass is 10.1. The van der Waals surface area contributed by atoms with E-state index in [1.807, 2.05) is 26.1 Å². The van der Waals surface area contributed by atoms with E-state index in [0.717, 1.165) is 33.1 Å². The van der Waals surface area contributed by atoms with Crippen LogP contribution in [-0.4, -0.2) is 35.4 Å². The Morgan fingerprint density at radius 1 is 1.10 bits per heavy atom. The minimum absolute atomic E-state index is 0.228. The van der Waals surface area contributed by atoms with Crippen molar-refractivity contribution in [2.24, 2.45) is 0 Å². The van der Waals surface area contributed by atoms with Crippen molar-refractivity contribution >= 4 is 37.3 Å². The molecule has 0 radical (unpaired) electrons. The first-order chi connectivity index (χ1) is 14.0. The molecule has 2 N–H and O–H groups in total. The molecule has 2 aromatic carbocycles. The van der Waals surface area contributed by atoms with E-state index in [2.05, 4.69) is 20.5 Å². The van der Waals surface area contributed by atoms with Crippen LogP contribution in [0.15, 0.2) is 53.7 Å². The molecule has 0 aliphatic carbocycles. The molecule has 4 rings (SSSR count). The zero-order valence-electron chi connectivity index (χ0n) is 17.6. The number of pyridine rings is 1. The van der Waals surface area contributed by atoms with Crippen molar-refractivity contribution < 1.29 is 12.8 Å². The Labute approximate surface area is 175 Å². The Balaban J connectivity index is 0.000000212. The normalized spacial score (nSPS) is 11.9. The number of fused-ring (bicyclic) bond motifs is 2. The van der Waals surface area contributed by atoms with E-state index in [1.165, 1.54) is 12.1 Å². The van der Waals surface area contributed by atoms with Gasteiger partial charge in [-0.25, -0.2) is 12.8 Å². The van der Waals surface area contributed by atoms with Crippen LogP contribution < -0.4 is 5.32 Å². The maximum Gasteiger partial charge on any atom is 0.183 e. The molecule has 0 fully saturated rings. The van der Waals surface area contributed by atoms with E-state index in [0.29, 0.717) is 4.90 Å². The Bertz CT molecular complexity index is 1310. The summed E-state index contributed by atoms with van der Waals surface area (Å²) in [5.41, 5.74) is 3.26. The summed E-state index contributed by atoms with van der Waals surface area (Å²) in [4.78, 5) is 4.68. The minimum atomic E-state index is -3.38. The second kappa shape index (κ2) is 8.02. The fourth-order valence-electron chi connectivity index (χ4n) is 3.03. The first-order valence-corrected chi connectivity index (χ1v) is 10.9. The van der Waals surface area contributed by atoms with Crippen LogP contribution in [0.3, 0.4) is 0 Å². The van der Waals surface area contributed by atoms with Gasteiger partial charge in [-0.2, -0.15) is 5.10 Å². The summed E-state index contributed by atoms with van der Waals surface area (Å²) in [5, 5.41) is 11.2. The molecule has 0 atom stereocenters. The fourth-order valence-corrected chi connectivity index (χ4v) is 4.44. The monoisotopic (exact) mass is 428 g/mol. The molecule has 0 bridgehead atoms. The largest absolute Gasteiger partial charge is 0.388 e. The van der Waals surface area contributed by atoms with Gasteiger partial charge in [-0.1, -0.05) is 0 Å². The summed E-state index contributed by atoms with van der Waals surface area (Å²) in [6.45, 7) is 6.96. The first kappa shape index (κ1) is 21.7. The molecular formula is C22H25FN4O2S. The molecular weight excluding hydrogens is 403 g/mol. The van der Waals surface area contributed by atoms with Crippen molar-refractivity contribution in [3.63, 3.8) is 0 Å². The van der Waals surface area contributed by atoms with Gasteiger partial charge in [0.1, 0.15) is 5.82 Å². The lowest BCUT2D eigenvalue weighted by Crippen LogP contribution is -2.28. The molecule has 30 heavy (non-hydrogen) atoms.